The van der Waals surface area contributed by atoms with Gasteiger partial charge in [0.1, 0.15) is 15.5 Å². The Morgan fingerprint density at radius 2 is 2.21 bits per heavy atom. The predicted octanol–water partition coefficient (Wildman–Crippen LogP) is 3.80. The van der Waals surface area contributed by atoms with Crippen LogP contribution in [0.25, 0.3) is 10.2 Å². The van der Waals surface area contributed by atoms with E-state index in [4.69, 9.17) is 4.74 Å². The van der Waals surface area contributed by atoms with Gasteiger partial charge in [-0.25, -0.2) is 13.4 Å². The molecule has 1 aliphatic heterocycles. The highest BCUT2D eigenvalue weighted by Crippen LogP contribution is 2.33. The number of para-hydroxylation sites is 1. The molecule has 0 aliphatic carbocycles. The molecule has 3 aromatic rings. The van der Waals surface area contributed by atoms with Crippen molar-refractivity contribution < 1.29 is 17.9 Å². The molecule has 1 unspecified atom stereocenters. The summed E-state index contributed by atoms with van der Waals surface area (Å²) in [6, 6.07) is 8.99. The van der Waals surface area contributed by atoms with Crippen molar-refractivity contribution in [2.45, 2.75) is 24.0 Å². The van der Waals surface area contributed by atoms with Crippen LogP contribution in [-0.2, 0) is 14.8 Å². The largest absolute Gasteiger partial charge is 0.492 e. The Hall–Kier alpha value is -2.01. The number of thiazole rings is 1. The number of fused-ring (bicyclic) bond motifs is 1. The Balaban J connectivity index is 1.48. The number of carbonyl (C=O) groups excluding carboxylic acids is 1. The Bertz CT molecular complexity index is 1110. The summed E-state index contributed by atoms with van der Waals surface area (Å²) in [5.74, 6) is 0.0811. The average molecular weight is 452 g/mol. The first-order valence-corrected chi connectivity index (χ1v) is 12.5. The number of nitrogens with one attached hydrogen (secondary N) is 1. The molecule has 0 bridgehead atoms. The first kappa shape index (κ1) is 20.3. The zero-order chi connectivity index (χ0) is 20.4. The topological polar surface area (TPSA) is 88.6 Å². The van der Waals surface area contributed by atoms with Gasteiger partial charge in [0.2, 0.25) is 5.91 Å². The van der Waals surface area contributed by atoms with Crippen LogP contribution in [0.1, 0.15) is 19.8 Å². The third-order valence-corrected chi connectivity index (χ3v) is 8.93. The molecule has 1 fully saturated rings. The molecule has 0 saturated carbocycles. The van der Waals surface area contributed by atoms with E-state index >= 15 is 0 Å². The summed E-state index contributed by atoms with van der Waals surface area (Å²) in [4.78, 5) is 17.3. The number of amides is 1. The summed E-state index contributed by atoms with van der Waals surface area (Å²) in [5, 5.41) is 5.11. The molecule has 10 heteroatoms. The second kappa shape index (κ2) is 8.39. The number of benzene rings is 1. The molecule has 0 radical (unpaired) electrons. The molecule has 1 atom stereocenters. The molecule has 1 amide bonds. The predicted molar refractivity (Wildman–Crippen MR) is 115 cm³/mol. The number of sulfonamides is 1. The Labute approximate surface area is 177 Å². The summed E-state index contributed by atoms with van der Waals surface area (Å²) in [6.07, 6.45) is 1.30. The lowest BCUT2D eigenvalue weighted by Gasteiger charge is -2.30. The second-order valence-corrected chi connectivity index (χ2v) is 10.8. The van der Waals surface area contributed by atoms with E-state index in [1.54, 1.807) is 17.5 Å². The minimum atomic E-state index is -3.55. The number of piperidine rings is 1. The molecule has 1 saturated heterocycles. The minimum Gasteiger partial charge on any atom is -0.492 e. The highest BCUT2D eigenvalue weighted by atomic mass is 32.2. The van der Waals surface area contributed by atoms with E-state index < -0.39 is 15.9 Å². The van der Waals surface area contributed by atoms with Crippen LogP contribution < -0.4 is 10.1 Å². The number of ether oxygens (including phenoxy) is 1. The minimum absolute atomic E-state index is 0.182. The third kappa shape index (κ3) is 4.16. The fraction of sp³-hybridized carbons (Fsp3) is 0.368. The number of rotatable bonds is 6. The maximum Gasteiger partial charge on any atom is 0.252 e. The molecule has 4 rings (SSSR count). The van der Waals surface area contributed by atoms with Crippen molar-refractivity contribution in [2.24, 2.45) is 5.92 Å². The van der Waals surface area contributed by atoms with Gasteiger partial charge >= 0.3 is 0 Å². The van der Waals surface area contributed by atoms with Crippen LogP contribution in [0.2, 0.25) is 0 Å². The lowest BCUT2D eigenvalue weighted by atomic mass is 9.99. The summed E-state index contributed by atoms with van der Waals surface area (Å²) in [5.41, 5.74) is 0.722. The van der Waals surface area contributed by atoms with Gasteiger partial charge in [-0.05, 0) is 43.3 Å². The van der Waals surface area contributed by atoms with Crippen LogP contribution in [0.15, 0.2) is 39.9 Å². The van der Waals surface area contributed by atoms with E-state index in [0.717, 1.165) is 10.2 Å². The zero-order valence-electron chi connectivity index (χ0n) is 15.8. The first-order chi connectivity index (χ1) is 14.0. The standard InChI is InChI=1S/C19H21N3O4S3/c1-2-26-14-7-3-8-15-17(14)20-19(28-15)21-18(23)13-6-4-10-22(12-13)29(24,25)16-9-5-11-27-16/h3,5,7-9,11,13H,2,4,6,10,12H2,1H3,(H,20,21,23). The highest BCUT2D eigenvalue weighted by molar-refractivity contribution is 7.91. The van der Waals surface area contributed by atoms with Crippen molar-refractivity contribution >= 4 is 54.0 Å². The molecule has 2 aromatic heterocycles. The van der Waals surface area contributed by atoms with Gasteiger partial charge in [-0.15, -0.1) is 11.3 Å². The fourth-order valence-corrected chi connectivity index (χ4v) is 6.92. The van der Waals surface area contributed by atoms with Gasteiger partial charge in [0.15, 0.2) is 5.13 Å². The molecule has 1 N–H and O–H groups in total. The van der Waals surface area contributed by atoms with Gasteiger partial charge in [0.05, 0.1) is 17.2 Å². The number of hydrogen-bond donors (Lipinski definition) is 1. The quantitative estimate of drug-likeness (QED) is 0.616. The lowest BCUT2D eigenvalue weighted by molar-refractivity contribution is -0.120. The highest BCUT2D eigenvalue weighted by Gasteiger charge is 2.34. The Morgan fingerprint density at radius 3 is 2.97 bits per heavy atom. The average Bonchev–Trinajstić information content (AvgIpc) is 3.39. The third-order valence-electron chi connectivity index (χ3n) is 4.76. The molecule has 0 spiro atoms. The van der Waals surface area contributed by atoms with E-state index in [1.165, 1.54) is 27.0 Å². The molecule has 7 nitrogen and oxygen atoms in total. The van der Waals surface area contributed by atoms with Gasteiger partial charge in [0, 0.05) is 13.1 Å². The van der Waals surface area contributed by atoms with Gasteiger partial charge in [-0.3, -0.25) is 4.79 Å². The smallest absolute Gasteiger partial charge is 0.252 e. The Morgan fingerprint density at radius 1 is 1.34 bits per heavy atom. The summed E-state index contributed by atoms with van der Waals surface area (Å²) >= 11 is 2.57. The van der Waals surface area contributed by atoms with Crippen molar-refractivity contribution in [3.8, 4) is 5.75 Å². The molecular weight excluding hydrogens is 430 g/mol. The fourth-order valence-electron chi connectivity index (χ4n) is 3.37. The monoisotopic (exact) mass is 451 g/mol. The molecular formula is C19H21N3O4S3. The van der Waals surface area contributed by atoms with E-state index in [2.05, 4.69) is 10.3 Å². The molecule has 154 valence electrons. The van der Waals surface area contributed by atoms with Crippen LogP contribution in [-0.4, -0.2) is 43.3 Å². The Kier molecular flexibility index (Phi) is 5.86. The van der Waals surface area contributed by atoms with Gasteiger partial charge < -0.3 is 10.1 Å². The maximum absolute atomic E-state index is 12.8. The van der Waals surface area contributed by atoms with E-state index in [0.29, 0.717) is 41.1 Å². The van der Waals surface area contributed by atoms with Crippen molar-refractivity contribution in [2.75, 3.05) is 25.0 Å². The van der Waals surface area contributed by atoms with E-state index in [9.17, 15) is 13.2 Å². The number of carbonyl (C=O) groups is 1. The van der Waals surface area contributed by atoms with Gasteiger partial charge in [0.25, 0.3) is 10.0 Å². The number of aromatic nitrogens is 1. The van der Waals surface area contributed by atoms with Crippen molar-refractivity contribution in [3.05, 3.63) is 35.7 Å². The first-order valence-electron chi connectivity index (χ1n) is 9.36. The molecule has 3 heterocycles. The van der Waals surface area contributed by atoms with Crippen LogP contribution in [0.4, 0.5) is 5.13 Å². The van der Waals surface area contributed by atoms with E-state index in [-0.39, 0.29) is 12.5 Å². The zero-order valence-corrected chi connectivity index (χ0v) is 18.3. The van der Waals surface area contributed by atoms with Crippen LogP contribution >= 0.6 is 22.7 Å². The van der Waals surface area contributed by atoms with E-state index in [1.807, 2.05) is 25.1 Å². The van der Waals surface area contributed by atoms with Crippen LogP contribution in [0, 0.1) is 5.92 Å². The van der Waals surface area contributed by atoms with Crippen LogP contribution in [0.5, 0.6) is 5.75 Å². The molecule has 1 aliphatic rings. The summed E-state index contributed by atoms with van der Waals surface area (Å²) < 4.78 is 33.8. The summed E-state index contributed by atoms with van der Waals surface area (Å²) in [7, 11) is -3.55. The van der Waals surface area contributed by atoms with Crippen molar-refractivity contribution in [1.29, 1.82) is 0 Å². The second-order valence-electron chi connectivity index (χ2n) is 6.68. The van der Waals surface area contributed by atoms with Crippen molar-refractivity contribution in [1.82, 2.24) is 9.29 Å². The lowest BCUT2D eigenvalue weighted by Crippen LogP contribution is -2.43. The molecule has 1 aromatic carbocycles. The van der Waals surface area contributed by atoms with Gasteiger partial charge in [-0.2, -0.15) is 4.31 Å². The van der Waals surface area contributed by atoms with Gasteiger partial charge in [-0.1, -0.05) is 23.5 Å². The number of thiophene rings is 1. The number of hydrogen-bond acceptors (Lipinski definition) is 7. The van der Waals surface area contributed by atoms with Crippen molar-refractivity contribution in [3.63, 3.8) is 0 Å². The SMILES string of the molecule is CCOc1cccc2sc(NC(=O)C3CCCN(S(=O)(=O)c4cccs4)C3)nc12. The number of nitrogens with zero attached hydrogens (tertiary/aromatic N) is 2. The molecule has 29 heavy (non-hydrogen) atoms. The maximum atomic E-state index is 12.8. The normalized spacial score (nSPS) is 18.0. The van der Waals surface area contributed by atoms with Crippen LogP contribution in [0.3, 0.4) is 0 Å². The number of anilines is 1. The summed E-state index contributed by atoms with van der Waals surface area (Å²) in [6.45, 7) is 3.06.